The number of nitrogens with one attached hydrogen (secondary N) is 2. The number of aliphatic hydroxyl groups excluding tert-OH is 2. The van der Waals surface area contributed by atoms with E-state index in [-0.39, 0.29) is 24.8 Å². The molecule has 0 unspecified atom stereocenters. The van der Waals surface area contributed by atoms with E-state index in [4.69, 9.17) is 21.9 Å². The van der Waals surface area contributed by atoms with Crippen molar-refractivity contribution in [3.8, 4) is 0 Å². The highest BCUT2D eigenvalue weighted by Gasteiger charge is 2.33. The molecule has 1 aliphatic carbocycles. The molecule has 0 spiro atoms. The fourth-order valence-corrected chi connectivity index (χ4v) is 3.67. The molecule has 0 radical (unpaired) electrons. The lowest BCUT2D eigenvalue weighted by molar-refractivity contribution is 0.0980. The van der Waals surface area contributed by atoms with E-state index in [2.05, 4.69) is 10.6 Å². The molecule has 0 saturated heterocycles. The fourth-order valence-electron chi connectivity index (χ4n) is 3.67. The fraction of sp³-hybridized carbons (Fsp3) is 0.364. The number of hydrogen-bond donors (Lipinski definition) is 6. The van der Waals surface area contributed by atoms with Crippen LogP contribution >= 0.6 is 0 Å². The Labute approximate surface area is 186 Å². The molecular weight excluding hydrogens is 412 g/mol. The zero-order valence-electron chi connectivity index (χ0n) is 17.9. The highest BCUT2D eigenvalue weighted by Crippen LogP contribution is 2.36. The van der Waals surface area contributed by atoms with Gasteiger partial charge in [0, 0.05) is 61.8 Å². The zero-order chi connectivity index (χ0) is 23.1. The summed E-state index contributed by atoms with van der Waals surface area (Å²) in [5.41, 5.74) is 2.51. The number of hydrazine groups is 2. The molecular formula is C22H30N6O4. The summed E-state index contributed by atoms with van der Waals surface area (Å²) in [6.45, 7) is 2.34. The van der Waals surface area contributed by atoms with Gasteiger partial charge in [-0.3, -0.25) is 21.3 Å². The van der Waals surface area contributed by atoms with Crippen molar-refractivity contribution < 1.29 is 19.8 Å². The molecule has 0 atom stereocenters. The van der Waals surface area contributed by atoms with Crippen LogP contribution in [0.15, 0.2) is 36.4 Å². The van der Waals surface area contributed by atoms with Gasteiger partial charge < -0.3 is 20.8 Å². The maximum absolute atomic E-state index is 13.3. The van der Waals surface area contributed by atoms with Crippen molar-refractivity contribution in [2.24, 2.45) is 11.7 Å². The number of carbonyl (C=O) groups excluding carboxylic acids is 2. The molecule has 0 heterocycles. The van der Waals surface area contributed by atoms with Crippen molar-refractivity contribution in [2.45, 2.75) is 0 Å². The number of ketones is 2. The normalized spacial score (nSPS) is 12.8. The van der Waals surface area contributed by atoms with Crippen LogP contribution in [0, 0.1) is 0 Å². The van der Waals surface area contributed by atoms with Crippen LogP contribution in [-0.4, -0.2) is 84.3 Å². The second-order valence-electron chi connectivity index (χ2n) is 7.49. The van der Waals surface area contributed by atoms with Crippen molar-refractivity contribution in [1.82, 2.24) is 10.0 Å². The molecule has 0 aromatic heterocycles. The van der Waals surface area contributed by atoms with E-state index in [0.717, 1.165) is 0 Å². The van der Waals surface area contributed by atoms with Crippen LogP contribution in [0.4, 0.5) is 11.4 Å². The number of nitrogens with two attached hydrogens (primary N) is 2. The van der Waals surface area contributed by atoms with E-state index < -0.39 is 0 Å². The molecule has 3 rings (SSSR count). The molecule has 0 amide bonds. The number of carbonyl (C=O) groups is 2. The SMILES string of the molecule is NN(CCO)CCNc1ccc(NCCN(N)CCO)c2c1C(=O)c1ccccc1C2=O. The number of nitrogens with zero attached hydrogens (tertiary/aromatic N) is 2. The lowest BCUT2D eigenvalue weighted by atomic mass is 9.82. The van der Waals surface area contributed by atoms with E-state index in [1.807, 2.05) is 0 Å². The van der Waals surface area contributed by atoms with Gasteiger partial charge in [-0.1, -0.05) is 24.3 Å². The first-order valence-electron chi connectivity index (χ1n) is 10.5. The molecule has 2 aromatic rings. The van der Waals surface area contributed by atoms with Crippen molar-refractivity contribution in [3.63, 3.8) is 0 Å². The number of hydrogen-bond acceptors (Lipinski definition) is 10. The van der Waals surface area contributed by atoms with Gasteiger partial charge in [-0.15, -0.1) is 0 Å². The Hall–Kier alpha value is -2.86. The van der Waals surface area contributed by atoms with Crippen LogP contribution in [-0.2, 0) is 0 Å². The molecule has 1 aliphatic rings. The summed E-state index contributed by atoms with van der Waals surface area (Å²) in [6.07, 6.45) is 0. The Kier molecular flexibility index (Phi) is 8.28. The maximum Gasteiger partial charge on any atom is 0.196 e. The van der Waals surface area contributed by atoms with Gasteiger partial charge in [-0.25, -0.2) is 10.0 Å². The minimum atomic E-state index is -0.220. The summed E-state index contributed by atoms with van der Waals surface area (Å²) in [7, 11) is 0. The molecule has 0 saturated carbocycles. The Bertz CT molecular complexity index is 891. The molecule has 2 aromatic carbocycles. The molecule has 32 heavy (non-hydrogen) atoms. The third kappa shape index (κ3) is 5.30. The first kappa shape index (κ1) is 23.8. The molecule has 0 bridgehead atoms. The molecule has 10 heteroatoms. The highest BCUT2D eigenvalue weighted by atomic mass is 16.3. The average Bonchev–Trinajstić information content (AvgIpc) is 2.78. The Morgan fingerprint density at radius 2 is 1.09 bits per heavy atom. The summed E-state index contributed by atoms with van der Waals surface area (Å²) >= 11 is 0. The average molecular weight is 443 g/mol. The lowest BCUT2D eigenvalue weighted by Crippen LogP contribution is -2.38. The van der Waals surface area contributed by atoms with Crippen LogP contribution < -0.4 is 22.3 Å². The van der Waals surface area contributed by atoms with Gasteiger partial charge in [-0.2, -0.15) is 0 Å². The van der Waals surface area contributed by atoms with E-state index in [1.165, 1.54) is 10.0 Å². The maximum atomic E-state index is 13.3. The molecule has 172 valence electrons. The minimum Gasteiger partial charge on any atom is -0.395 e. The topological polar surface area (TPSA) is 157 Å². The number of fused-ring (bicyclic) bond motifs is 2. The third-order valence-electron chi connectivity index (χ3n) is 5.28. The molecule has 10 nitrogen and oxygen atoms in total. The van der Waals surface area contributed by atoms with Crippen LogP contribution in [0.2, 0.25) is 0 Å². The standard InChI is InChI=1S/C22H30N6O4/c23-27(11-13-29)9-7-25-17-5-6-18(26-8-10-28(24)12-14-30)20-19(17)21(31)15-3-1-2-4-16(15)22(20)32/h1-6,25-26,29-30H,7-14,23-24H2. The van der Waals surface area contributed by atoms with E-state index in [9.17, 15) is 9.59 Å². The highest BCUT2D eigenvalue weighted by molar-refractivity contribution is 6.31. The van der Waals surface area contributed by atoms with Gasteiger partial charge in [0.15, 0.2) is 11.6 Å². The monoisotopic (exact) mass is 442 g/mol. The van der Waals surface area contributed by atoms with Crippen molar-refractivity contribution >= 4 is 22.9 Å². The van der Waals surface area contributed by atoms with Gasteiger partial charge in [-0.05, 0) is 12.1 Å². The van der Waals surface area contributed by atoms with Gasteiger partial charge in [0.2, 0.25) is 0 Å². The van der Waals surface area contributed by atoms with Crippen molar-refractivity contribution in [2.75, 3.05) is 63.1 Å². The summed E-state index contributed by atoms with van der Waals surface area (Å²) < 4.78 is 0. The second-order valence-corrected chi connectivity index (χ2v) is 7.49. The smallest absolute Gasteiger partial charge is 0.196 e. The minimum absolute atomic E-state index is 0.0471. The van der Waals surface area contributed by atoms with Crippen LogP contribution in [0.3, 0.4) is 0 Å². The number of rotatable bonds is 12. The van der Waals surface area contributed by atoms with Gasteiger partial charge in [0.25, 0.3) is 0 Å². The third-order valence-corrected chi connectivity index (χ3v) is 5.28. The number of benzene rings is 2. The second kappa shape index (κ2) is 11.1. The Balaban J connectivity index is 1.89. The largest absolute Gasteiger partial charge is 0.395 e. The first-order chi connectivity index (χ1) is 15.5. The van der Waals surface area contributed by atoms with Crippen LogP contribution in [0.5, 0.6) is 0 Å². The number of anilines is 2. The predicted molar refractivity (Wildman–Crippen MR) is 122 cm³/mol. The number of aliphatic hydroxyl groups is 2. The van der Waals surface area contributed by atoms with Crippen molar-refractivity contribution in [3.05, 3.63) is 58.7 Å². The van der Waals surface area contributed by atoms with Crippen molar-refractivity contribution in [1.29, 1.82) is 0 Å². The van der Waals surface area contributed by atoms with Crippen LogP contribution in [0.1, 0.15) is 31.8 Å². The summed E-state index contributed by atoms with van der Waals surface area (Å²) in [5.74, 6) is 11.2. The summed E-state index contributed by atoms with van der Waals surface area (Å²) in [5, 5.41) is 27.3. The Morgan fingerprint density at radius 3 is 1.47 bits per heavy atom. The van der Waals surface area contributed by atoms with E-state index in [1.54, 1.807) is 36.4 Å². The van der Waals surface area contributed by atoms with E-state index in [0.29, 0.717) is 72.9 Å². The van der Waals surface area contributed by atoms with Crippen LogP contribution in [0.25, 0.3) is 0 Å². The Morgan fingerprint density at radius 1 is 0.688 bits per heavy atom. The quantitative estimate of drug-likeness (QED) is 0.161. The van der Waals surface area contributed by atoms with Gasteiger partial charge >= 0.3 is 0 Å². The molecule has 0 fully saturated rings. The first-order valence-corrected chi connectivity index (χ1v) is 10.5. The zero-order valence-corrected chi connectivity index (χ0v) is 17.9. The molecule has 8 N–H and O–H groups in total. The van der Waals surface area contributed by atoms with Gasteiger partial charge in [0.05, 0.1) is 24.3 Å². The summed E-state index contributed by atoms with van der Waals surface area (Å²) in [6, 6.07) is 10.3. The summed E-state index contributed by atoms with van der Waals surface area (Å²) in [4.78, 5) is 26.7. The molecule has 0 aliphatic heterocycles. The van der Waals surface area contributed by atoms with Gasteiger partial charge in [0.1, 0.15) is 0 Å². The lowest BCUT2D eigenvalue weighted by Gasteiger charge is -2.25. The predicted octanol–water partition coefficient (Wildman–Crippen LogP) is -0.378. The van der Waals surface area contributed by atoms with E-state index >= 15 is 0 Å².